The molecule has 308 valence electrons. The maximum Gasteiger partial charge on any atom is 0.695 e. The van der Waals surface area contributed by atoms with Crippen LogP contribution in [0.5, 0.6) is 11.5 Å². The molecule has 2 aromatic heterocycles. The predicted molar refractivity (Wildman–Crippen MR) is 228 cm³/mol. The third-order valence-corrected chi connectivity index (χ3v) is 11.3. The molecule has 4 atom stereocenters. The lowest BCUT2D eigenvalue weighted by Gasteiger charge is -2.37. The lowest BCUT2D eigenvalue weighted by Crippen LogP contribution is -2.36. The van der Waals surface area contributed by atoms with Crippen molar-refractivity contribution in [3.63, 3.8) is 0 Å². The number of rotatable bonds is 16. The fraction of sp³-hybridized carbons (Fsp3) is 0.333. The second-order valence-corrected chi connectivity index (χ2v) is 14.8. The fourth-order valence-electron chi connectivity index (χ4n) is 7.66. The van der Waals surface area contributed by atoms with Crippen molar-refractivity contribution in [1.29, 1.82) is 0 Å². The van der Waals surface area contributed by atoms with Crippen molar-refractivity contribution in [3.05, 3.63) is 144 Å². The molecule has 0 saturated heterocycles. The highest BCUT2D eigenvalue weighted by Crippen LogP contribution is 2.46. The molecule has 0 spiro atoms. The highest BCUT2D eigenvalue weighted by Gasteiger charge is 2.45. The Bertz CT molecular complexity index is 2200. The van der Waals surface area contributed by atoms with Crippen LogP contribution in [-0.4, -0.2) is 81.8 Å². The molecule has 7 rings (SSSR count). The predicted octanol–water partition coefficient (Wildman–Crippen LogP) is 8.44. The molecule has 2 N–H and O–H groups in total. The topological polar surface area (TPSA) is 150 Å². The molecule has 4 aromatic carbocycles. The molecular formula is C45H52N6O7P+. The molecule has 1 aliphatic carbocycles. The molecule has 6 aromatic rings. The SMILES string of the molecule is CCN(CC)CC.COc1ccc(C(OC[C@H]2C[C@@H](n3cnc4c(NC(=O)c5ccccc5)ncnc43)C[C@@H]2O[P+](=O)O)(c2ccccc2)c2ccc(OC)cc2)cc1. The Morgan fingerprint density at radius 1 is 0.797 bits per heavy atom. The Morgan fingerprint density at radius 2 is 1.36 bits per heavy atom. The standard InChI is InChI=1S/C39H36N5O7P.C6H15N/c1-48-32-17-13-29(14-18-32)39(28-11-7-4-8-12-28,30-15-19-33(49-2)20-16-30)50-23-27-21-31(22-34(27)51-52(46)47)44-25-42-35-36(40-24-41-37(35)44)43-38(45)26-9-5-3-6-10-26;1-4-7(5-2)6-3/h3-20,24-25,27,31,34H,21-23H2,1-2H3,(H-,40,41,43,45,46,47);4-6H2,1-3H3/p+1/t27-,31-,34+;/m1./s1. The minimum absolute atomic E-state index is 0.178. The van der Waals surface area contributed by atoms with Crippen LogP contribution in [0, 0.1) is 5.92 Å². The van der Waals surface area contributed by atoms with Crippen LogP contribution >= 0.6 is 8.25 Å². The number of hydrogen-bond donors (Lipinski definition) is 2. The molecule has 59 heavy (non-hydrogen) atoms. The highest BCUT2D eigenvalue weighted by atomic mass is 31.1. The first kappa shape index (κ1) is 43.0. The van der Waals surface area contributed by atoms with E-state index in [2.05, 4.69) is 45.9 Å². The van der Waals surface area contributed by atoms with Crippen LogP contribution in [0.25, 0.3) is 11.2 Å². The first-order chi connectivity index (χ1) is 28.7. The van der Waals surface area contributed by atoms with Crippen molar-refractivity contribution in [1.82, 2.24) is 24.4 Å². The van der Waals surface area contributed by atoms with Crippen LogP contribution in [0.4, 0.5) is 5.82 Å². The van der Waals surface area contributed by atoms with Gasteiger partial charge in [-0.3, -0.25) is 4.79 Å². The number of hydrogen-bond acceptors (Lipinski definition) is 10. The lowest BCUT2D eigenvalue weighted by atomic mass is 9.80. The minimum atomic E-state index is -2.90. The quantitative estimate of drug-likeness (QED) is 0.0716. The number of anilines is 1. The Kier molecular flexibility index (Phi) is 14.9. The molecule has 13 nitrogen and oxygen atoms in total. The van der Waals surface area contributed by atoms with Gasteiger partial charge in [0.15, 0.2) is 17.0 Å². The smallest absolute Gasteiger partial charge is 0.497 e. The number of carbonyl (C=O) groups excluding carboxylic acids is 1. The summed E-state index contributed by atoms with van der Waals surface area (Å²) in [6, 6.07) is 34.1. The van der Waals surface area contributed by atoms with Gasteiger partial charge < -0.3 is 29.0 Å². The minimum Gasteiger partial charge on any atom is -0.497 e. The number of amides is 1. The molecule has 14 heteroatoms. The first-order valence-electron chi connectivity index (χ1n) is 19.8. The molecule has 0 aliphatic heterocycles. The summed E-state index contributed by atoms with van der Waals surface area (Å²) in [6.07, 6.45) is 3.36. The summed E-state index contributed by atoms with van der Waals surface area (Å²) in [6.45, 7) is 10.3. The monoisotopic (exact) mass is 819 g/mol. The van der Waals surface area contributed by atoms with Crippen LogP contribution < -0.4 is 14.8 Å². The van der Waals surface area contributed by atoms with Crippen LogP contribution in [0.3, 0.4) is 0 Å². The average molecular weight is 820 g/mol. The van der Waals surface area contributed by atoms with E-state index in [0.29, 0.717) is 41.1 Å². The maximum atomic E-state index is 12.9. The molecule has 1 saturated carbocycles. The molecule has 1 unspecified atom stereocenters. The number of benzene rings is 4. The van der Waals surface area contributed by atoms with Crippen LogP contribution in [-0.2, 0) is 19.4 Å². The van der Waals surface area contributed by atoms with Gasteiger partial charge in [0, 0.05) is 22.1 Å². The molecule has 1 fully saturated rings. The van der Waals surface area contributed by atoms with Crippen LogP contribution in [0.1, 0.15) is 66.7 Å². The largest absolute Gasteiger partial charge is 0.695 e. The van der Waals surface area contributed by atoms with E-state index >= 15 is 0 Å². The van der Waals surface area contributed by atoms with Gasteiger partial charge in [-0.2, -0.15) is 0 Å². The summed E-state index contributed by atoms with van der Waals surface area (Å²) in [7, 11) is 0.349. The lowest BCUT2D eigenvalue weighted by molar-refractivity contribution is -0.0258. The molecule has 0 bridgehead atoms. The Labute approximate surface area is 346 Å². The van der Waals surface area contributed by atoms with E-state index in [1.165, 1.54) is 26.0 Å². The van der Waals surface area contributed by atoms with Gasteiger partial charge in [0.1, 0.15) is 29.5 Å². The van der Waals surface area contributed by atoms with Crippen molar-refractivity contribution < 1.29 is 33.0 Å². The summed E-state index contributed by atoms with van der Waals surface area (Å²) < 4.78 is 37.8. The Morgan fingerprint density at radius 3 is 1.88 bits per heavy atom. The number of carbonyl (C=O) groups is 1. The maximum absolute atomic E-state index is 12.9. The Balaban J connectivity index is 0.000000768. The van der Waals surface area contributed by atoms with E-state index in [4.69, 9.17) is 18.7 Å². The summed E-state index contributed by atoms with van der Waals surface area (Å²) in [5.41, 5.74) is 2.99. The third-order valence-electron chi connectivity index (χ3n) is 10.9. The summed E-state index contributed by atoms with van der Waals surface area (Å²) in [4.78, 5) is 38.6. The highest BCUT2D eigenvalue weighted by molar-refractivity contribution is 7.32. The molecule has 0 radical (unpaired) electrons. The van der Waals surface area contributed by atoms with Gasteiger partial charge in [0.2, 0.25) is 0 Å². The van der Waals surface area contributed by atoms with E-state index in [0.717, 1.165) is 16.7 Å². The van der Waals surface area contributed by atoms with Gasteiger partial charge >= 0.3 is 8.25 Å². The Hall–Kier alpha value is -5.56. The first-order valence-corrected chi connectivity index (χ1v) is 20.9. The second kappa shape index (κ2) is 20.4. The van der Waals surface area contributed by atoms with Gasteiger partial charge in [-0.1, -0.05) is 93.6 Å². The van der Waals surface area contributed by atoms with E-state index in [9.17, 15) is 14.3 Å². The van der Waals surface area contributed by atoms with Crippen molar-refractivity contribution in [2.45, 2.75) is 51.4 Å². The number of nitrogens with one attached hydrogen (secondary N) is 1. The van der Waals surface area contributed by atoms with E-state index in [1.807, 2.05) is 89.5 Å². The van der Waals surface area contributed by atoms with Crippen molar-refractivity contribution in [3.8, 4) is 11.5 Å². The van der Waals surface area contributed by atoms with Gasteiger partial charge in [-0.15, -0.1) is 9.42 Å². The number of ether oxygens (including phenoxy) is 3. The van der Waals surface area contributed by atoms with Gasteiger partial charge in [-0.25, -0.2) is 15.0 Å². The summed E-state index contributed by atoms with van der Waals surface area (Å²) in [5.74, 6) is 1.08. The van der Waals surface area contributed by atoms with Gasteiger partial charge in [0.05, 0.1) is 27.2 Å². The zero-order valence-electron chi connectivity index (χ0n) is 34.1. The molecule has 1 amide bonds. The zero-order valence-corrected chi connectivity index (χ0v) is 35.0. The van der Waals surface area contributed by atoms with Crippen molar-refractivity contribution in [2.24, 2.45) is 5.92 Å². The number of imidazole rings is 1. The van der Waals surface area contributed by atoms with E-state index < -0.39 is 20.0 Å². The van der Waals surface area contributed by atoms with Gasteiger partial charge in [-0.05, 0) is 85.6 Å². The number of methoxy groups -OCH3 is 2. The van der Waals surface area contributed by atoms with Crippen LogP contribution in [0.2, 0.25) is 0 Å². The average Bonchev–Trinajstić information content (AvgIpc) is 3.90. The third kappa shape index (κ3) is 10.0. The van der Waals surface area contributed by atoms with E-state index in [-0.39, 0.29) is 30.3 Å². The number of aromatic nitrogens is 4. The number of nitrogens with zero attached hydrogens (tertiary/aromatic N) is 5. The van der Waals surface area contributed by atoms with Crippen molar-refractivity contribution in [2.75, 3.05) is 45.8 Å². The molecular weight excluding hydrogens is 768 g/mol. The number of fused-ring (bicyclic) bond motifs is 1. The van der Waals surface area contributed by atoms with Crippen LogP contribution in [0.15, 0.2) is 122 Å². The summed E-state index contributed by atoms with van der Waals surface area (Å²) in [5, 5.41) is 2.85. The summed E-state index contributed by atoms with van der Waals surface area (Å²) >= 11 is 0. The normalized spacial score (nSPS) is 16.7. The zero-order chi connectivity index (χ0) is 41.8. The second-order valence-electron chi connectivity index (χ2n) is 14.1. The fourth-order valence-corrected chi connectivity index (χ4v) is 8.15. The van der Waals surface area contributed by atoms with E-state index in [1.54, 1.807) is 44.8 Å². The molecule has 2 heterocycles. The van der Waals surface area contributed by atoms with Gasteiger partial charge in [0.25, 0.3) is 5.91 Å². The van der Waals surface area contributed by atoms with Crippen molar-refractivity contribution >= 4 is 31.1 Å². The molecule has 1 aliphatic rings.